The lowest BCUT2D eigenvalue weighted by Gasteiger charge is -2.35. The van der Waals surface area contributed by atoms with Crippen LogP contribution in [-0.2, 0) is 22.8 Å². The molecule has 8 nitrogen and oxygen atoms in total. The van der Waals surface area contributed by atoms with Gasteiger partial charge in [-0.25, -0.2) is 8.42 Å². The van der Waals surface area contributed by atoms with E-state index in [0.717, 1.165) is 26.2 Å². The van der Waals surface area contributed by atoms with Crippen molar-refractivity contribution in [2.45, 2.75) is 83.1 Å². The van der Waals surface area contributed by atoms with Crippen LogP contribution < -0.4 is 10.1 Å². The number of carbonyl (C=O) groups excluding carboxylic acids is 1. The summed E-state index contributed by atoms with van der Waals surface area (Å²) >= 11 is 6.51. The van der Waals surface area contributed by atoms with Crippen molar-refractivity contribution in [3.8, 4) is 17.0 Å². The van der Waals surface area contributed by atoms with Gasteiger partial charge in [0, 0.05) is 24.9 Å². The average Bonchev–Trinajstić information content (AvgIpc) is 3.17. The molecule has 1 aliphatic carbocycles. The number of aromatic nitrogens is 2. The number of amides is 1. The SMILES string of the molecule is CCn1nc(C(=O)NC[C@]2(O)CC[C@@H](S(C)(=O)=O)CC2)c(Cl)c1-c1ccc(CC(C)(C)C(F)(F)F)cc1OC(F)F. The molecule has 1 aromatic carbocycles. The number of ether oxygens (including phenoxy) is 1. The van der Waals surface area contributed by atoms with Crippen molar-refractivity contribution in [3.63, 3.8) is 0 Å². The molecule has 0 unspecified atom stereocenters. The van der Waals surface area contributed by atoms with E-state index < -0.39 is 57.0 Å². The van der Waals surface area contributed by atoms with Gasteiger partial charge in [0.2, 0.25) is 0 Å². The maximum atomic E-state index is 13.4. The summed E-state index contributed by atoms with van der Waals surface area (Å²) in [5, 5.41) is 16.8. The van der Waals surface area contributed by atoms with Crippen LogP contribution in [0.25, 0.3) is 11.3 Å². The summed E-state index contributed by atoms with van der Waals surface area (Å²) < 4.78 is 96.4. The average molecular weight is 630 g/mol. The molecular formula is C26H33ClF5N3O5S. The van der Waals surface area contributed by atoms with E-state index in [0.29, 0.717) is 0 Å². The molecule has 0 bridgehead atoms. The van der Waals surface area contributed by atoms with Crippen LogP contribution in [-0.4, -0.2) is 65.7 Å². The lowest BCUT2D eigenvalue weighted by Crippen LogP contribution is -2.47. The molecule has 1 saturated carbocycles. The molecule has 1 amide bonds. The highest BCUT2D eigenvalue weighted by Gasteiger charge is 2.47. The van der Waals surface area contributed by atoms with E-state index in [-0.39, 0.29) is 66.3 Å². The Hall–Kier alpha value is -2.45. The highest BCUT2D eigenvalue weighted by Crippen LogP contribution is 2.43. The van der Waals surface area contributed by atoms with Crippen LogP contribution in [0.15, 0.2) is 18.2 Å². The van der Waals surface area contributed by atoms with E-state index in [9.17, 15) is 40.3 Å². The molecular weight excluding hydrogens is 597 g/mol. The molecule has 0 saturated heterocycles. The predicted octanol–water partition coefficient (Wildman–Crippen LogP) is 5.40. The molecule has 1 heterocycles. The predicted molar refractivity (Wildman–Crippen MR) is 143 cm³/mol. The van der Waals surface area contributed by atoms with Crippen LogP contribution in [0.3, 0.4) is 0 Å². The van der Waals surface area contributed by atoms with Gasteiger partial charge in [0.05, 0.1) is 27.0 Å². The number of alkyl halides is 5. The number of sulfone groups is 1. The summed E-state index contributed by atoms with van der Waals surface area (Å²) in [6, 6.07) is 3.71. The van der Waals surface area contributed by atoms with Crippen molar-refractivity contribution in [2.75, 3.05) is 12.8 Å². The van der Waals surface area contributed by atoms with E-state index in [1.165, 1.54) is 16.8 Å². The number of hydrogen-bond donors (Lipinski definition) is 2. The van der Waals surface area contributed by atoms with Crippen LogP contribution in [0.1, 0.15) is 62.5 Å². The van der Waals surface area contributed by atoms with E-state index in [4.69, 9.17) is 11.6 Å². The second kappa shape index (κ2) is 12.0. The monoisotopic (exact) mass is 629 g/mol. The van der Waals surface area contributed by atoms with E-state index in [2.05, 4.69) is 15.2 Å². The van der Waals surface area contributed by atoms with E-state index in [1.807, 2.05) is 0 Å². The van der Waals surface area contributed by atoms with Crippen molar-refractivity contribution in [1.82, 2.24) is 15.1 Å². The molecule has 230 valence electrons. The zero-order valence-electron chi connectivity index (χ0n) is 23.0. The van der Waals surface area contributed by atoms with Gasteiger partial charge in [-0.3, -0.25) is 9.48 Å². The minimum absolute atomic E-state index is 0.00464. The third-order valence-electron chi connectivity index (χ3n) is 7.39. The lowest BCUT2D eigenvalue weighted by molar-refractivity contribution is -0.211. The van der Waals surface area contributed by atoms with Gasteiger partial charge >= 0.3 is 12.8 Å². The first-order chi connectivity index (χ1) is 18.8. The van der Waals surface area contributed by atoms with Gasteiger partial charge in [0.1, 0.15) is 15.6 Å². The largest absolute Gasteiger partial charge is 0.434 e. The number of rotatable bonds is 10. The molecule has 2 aromatic rings. The van der Waals surface area contributed by atoms with E-state index >= 15 is 0 Å². The Morgan fingerprint density at radius 3 is 2.39 bits per heavy atom. The fourth-order valence-corrected chi connectivity index (χ4v) is 6.22. The molecule has 3 rings (SSSR count). The number of aryl methyl sites for hydroxylation is 1. The highest BCUT2D eigenvalue weighted by molar-refractivity contribution is 7.91. The number of nitrogens with zero attached hydrogens (tertiary/aromatic N) is 2. The van der Waals surface area contributed by atoms with Crippen molar-refractivity contribution in [2.24, 2.45) is 5.41 Å². The molecule has 2 N–H and O–H groups in total. The second-order valence-corrected chi connectivity index (χ2v) is 13.7. The summed E-state index contributed by atoms with van der Waals surface area (Å²) in [6.07, 6.45) is -3.12. The first-order valence-electron chi connectivity index (χ1n) is 12.9. The Labute approximate surface area is 240 Å². The molecule has 1 aromatic heterocycles. The lowest BCUT2D eigenvalue weighted by atomic mass is 9.84. The fraction of sp³-hybridized carbons (Fsp3) is 0.615. The molecule has 41 heavy (non-hydrogen) atoms. The van der Waals surface area contributed by atoms with Crippen molar-refractivity contribution in [3.05, 3.63) is 34.5 Å². The topological polar surface area (TPSA) is 111 Å². The quantitative estimate of drug-likeness (QED) is 0.341. The fourth-order valence-electron chi connectivity index (χ4n) is 4.81. The number of nitrogens with one attached hydrogen (secondary N) is 1. The Balaban J connectivity index is 1.89. The third-order valence-corrected chi connectivity index (χ3v) is 9.43. The number of carbonyl (C=O) groups is 1. The summed E-state index contributed by atoms with van der Waals surface area (Å²) in [6.45, 7) is 0.308. The Morgan fingerprint density at radius 1 is 1.27 bits per heavy atom. The molecule has 0 atom stereocenters. The highest BCUT2D eigenvalue weighted by atomic mass is 35.5. The minimum Gasteiger partial charge on any atom is -0.434 e. The van der Waals surface area contributed by atoms with Crippen LogP contribution >= 0.6 is 11.6 Å². The van der Waals surface area contributed by atoms with Crippen molar-refractivity contribution < 1.29 is 45.0 Å². The smallest absolute Gasteiger partial charge is 0.394 e. The number of hydrogen-bond acceptors (Lipinski definition) is 6. The van der Waals surface area contributed by atoms with Gasteiger partial charge in [-0.15, -0.1) is 0 Å². The first kappa shape index (κ1) is 33.1. The van der Waals surface area contributed by atoms with Gasteiger partial charge in [0.15, 0.2) is 5.69 Å². The van der Waals surface area contributed by atoms with Gasteiger partial charge in [-0.2, -0.15) is 27.1 Å². The maximum Gasteiger partial charge on any atom is 0.394 e. The standard InChI is InChI=1S/C26H33ClF5N3O5S/c1-5-35-21(17-7-6-15(12-18(17)40-23(28)29)13-24(2,3)26(30,31)32)19(27)20(34-35)22(36)33-14-25(37)10-8-16(9-11-25)41(4,38)39/h6-7,12,16,23,37H,5,8-11,13-14H2,1-4H3,(H,33,36)/t16-,25+. The van der Waals surface area contributed by atoms with Gasteiger partial charge in [0.25, 0.3) is 5.91 Å². The summed E-state index contributed by atoms with van der Waals surface area (Å²) in [4.78, 5) is 13.0. The van der Waals surface area contributed by atoms with Crippen LogP contribution in [0, 0.1) is 5.41 Å². The molecule has 0 radical (unpaired) electrons. The molecule has 15 heteroatoms. The number of aliphatic hydroxyl groups is 1. The molecule has 1 fully saturated rings. The molecule has 1 aliphatic rings. The number of benzene rings is 1. The maximum absolute atomic E-state index is 13.4. The Kier molecular flexibility index (Phi) is 9.71. The van der Waals surface area contributed by atoms with Crippen LogP contribution in [0.5, 0.6) is 5.75 Å². The zero-order valence-corrected chi connectivity index (χ0v) is 24.6. The van der Waals surface area contributed by atoms with E-state index in [1.54, 1.807) is 6.92 Å². The van der Waals surface area contributed by atoms with Crippen LogP contribution in [0.2, 0.25) is 5.02 Å². The molecule has 0 aliphatic heterocycles. The Morgan fingerprint density at radius 2 is 1.88 bits per heavy atom. The minimum atomic E-state index is -4.54. The Bertz CT molecular complexity index is 1370. The molecule has 0 spiro atoms. The summed E-state index contributed by atoms with van der Waals surface area (Å²) in [7, 11) is -3.25. The second-order valence-electron chi connectivity index (χ2n) is 11.0. The van der Waals surface area contributed by atoms with Gasteiger partial charge in [-0.05, 0) is 56.7 Å². The number of halogens is 6. The van der Waals surface area contributed by atoms with Crippen LogP contribution in [0.4, 0.5) is 22.0 Å². The third kappa shape index (κ3) is 7.69. The summed E-state index contributed by atoms with van der Waals surface area (Å²) in [5.41, 5.74) is -3.60. The van der Waals surface area contributed by atoms with Crippen molar-refractivity contribution in [1.29, 1.82) is 0 Å². The zero-order chi connectivity index (χ0) is 31.0. The summed E-state index contributed by atoms with van der Waals surface area (Å²) in [5.74, 6) is -1.20. The van der Waals surface area contributed by atoms with Crippen molar-refractivity contribution >= 4 is 27.3 Å². The van der Waals surface area contributed by atoms with Gasteiger partial charge in [-0.1, -0.05) is 31.5 Å². The first-order valence-corrected chi connectivity index (χ1v) is 15.2. The van der Waals surface area contributed by atoms with Gasteiger partial charge < -0.3 is 15.2 Å². The normalized spacial score (nSPS) is 20.3.